The number of hydrogen-bond acceptors (Lipinski definition) is 5. The van der Waals surface area contributed by atoms with E-state index >= 15 is 0 Å². The fraction of sp³-hybridized carbons (Fsp3) is 0.0741. The first kappa shape index (κ1) is 29.9. The largest absolute Gasteiger partial charge is 0.417 e. The van der Waals surface area contributed by atoms with Crippen molar-refractivity contribution in [1.29, 1.82) is 0 Å². The molecule has 1 amide bonds. The summed E-state index contributed by atoms with van der Waals surface area (Å²) in [6.45, 7) is 0. The maximum absolute atomic E-state index is 13.1. The molecule has 0 aliphatic heterocycles. The van der Waals surface area contributed by atoms with Crippen LogP contribution in [0.4, 0.5) is 30.2 Å². The molecule has 0 aromatic heterocycles. The van der Waals surface area contributed by atoms with E-state index in [1.165, 1.54) is 67.7 Å². The van der Waals surface area contributed by atoms with Gasteiger partial charge in [-0.2, -0.15) is 13.2 Å². The highest BCUT2D eigenvalue weighted by Gasteiger charge is 2.33. The number of halogens is 4. The maximum atomic E-state index is 13.1. The van der Waals surface area contributed by atoms with Crippen LogP contribution in [0.3, 0.4) is 0 Å². The summed E-state index contributed by atoms with van der Waals surface area (Å²) in [4.78, 5) is 12.6. The van der Waals surface area contributed by atoms with Gasteiger partial charge in [-0.1, -0.05) is 29.8 Å². The summed E-state index contributed by atoms with van der Waals surface area (Å²) in [5.41, 5.74) is -0.733. The van der Waals surface area contributed by atoms with Crippen LogP contribution in [-0.4, -0.2) is 29.8 Å². The predicted molar refractivity (Wildman–Crippen MR) is 150 cm³/mol. The molecule has 4 aromatic rings. The van der Waals surface area contributed by atoms with Crippen LogP contribution in [0.25, 0.3) is 0 Å². The van der Waals surface area contributed by atoms with E-state index in [1.54, 1.807) is 18.2 Å². The summed E-state index contributed by atoms with van der Waals surface area (Å²) in [5, 5.41) is 2.03. The third kappa shape index (κ3) is 6.81. The quantitative estimate of drug-likeness (QED) is 0.241. The number of amides is 1. The molecule has 0 aliphatic rings. The molecule has 41 heavy (non-hydrogen) atoms. The summed E-state index contributed by atoms with van der Waals surface area (Å²) in [5.74, 6) is -0.542. The van der Waals surface area contributed by atoms with Gasteiger partial charge in [-0.25, -0.2) is 16.8 Å². The van der Waals surface area contributed by atoms with Gasteiger partial charge in [0.05, 0.1) is 26.1 Å². The van der Waals surface area contributed by atoms with Crippen molar-refractivity contribution in [3.63, 3.8) is 0 Å². The molecule has 0 heterocycles. The van der Waals surface area contributed by atoms with Crippen LogP contribution in [-0.2, 0) is 26.2 Å². The molecule has 0 aliphatic carbocycles. The highest BCUT2D eigenvalue weighted by atomic mass is 35.5. The molecule has 0 atom stereocenters. The second kappa shape index (κ2) is 11.4. The molecule has 0 saturated heterocycles. The highest BCUT2D eigenvalue weighted by molar-refractivity contribution is 7.93. The molecular formula is C27H21ClF3N3O5S2. The summed E-state index contributed by atoms with van der Waals surface area (Å²) in [6.07, 6.45) is -4.77. The van der Waals surface area contributed by atoms with E-state index in [1.807, 2.05) is 0 Å². The summed E-state index contributed by atoms with van der Waals surface area (Å²) >= 11 is 5.58. The summed E-state index contributed by atoms with van der Waals surface area (Å²) in [7, 11) is -6.66. The van der Waals surface area contributed by atoms with Crippen LogP contribution < -0.4 is 14.3 Å². The van der Waals surface area contributed by atoms with Crippen LogP contribution in [0, 0.1) is 0 Å². The van der Waals surface area contributed by atoms with Crippen LogP contribution in [0.15, 0.2) is 107 Å². The minimum absolute atomic E-state index is 0.115. The van der Waals surface area contributed by atoms with Crippen molar-refractivity contribution >= 4 is 54.6 Å². The Morgan fingerprint density at radius 1 is 0.780 bits per heavy atom. The zero-order valence-corrected chi connectivity index (χ0v) is 23.4. The maximum Gasteiger partial charge on any atom is 0.417 e. The van der Waals surface area contributed by atoms with Gasteiger partial charge >= 0.3 is 6.18 Å². The van der Waals surface area contributed by atoms with Crippen molar-refractivity contribution in [2.45, 2.75) is 16.0 Å². The van der Waals surface area contributed by atoms with Gasteiger partial charge in [0.25, 0.3) is 26.0 Å². The molecule has 0 fully saturated rings. The molecule has 4 aromatic carbocycles. The van der Waals surface area contributed by atoms with Crippen LogP contribution in [0.2, 0.25) is 5.02 Å². The standard InChI is InChI=1S/C27H21ClF3N3O5S2/c1-34(41(38,39)23-5-3-2-4-6-23)21-12-7-18(8-13-21)26(35)32-19-9-14-22(15-10-19)40(36,37)33-20-11-16-25(28)24(17-20)27(29,30)31/h2-17,33H,1H3,(H,32,35). The zero-order valence-electron chi connectivity index (χ0n) is 21.1. The Kier molecular flexibility index (Phi) is 8.34. The molecule has 2 N–H and O–H groups in total. The van der Waals surface area contributed by atoms with E-state index in [2.05, 4.69) is 10.0 Å². The molecule has 0 radical (unpaired) electrons. The van der Waals surface area contributed by atoms with Crippen molar-refractivity contribution in [3.05, 3.63) is 113 Å². The molecule has 0 spiro atoms. The third-order valence-electron chi connectivity index (χ3n) is 5.84. The van der Waals surface area contributed by atoms with Gasteiger partial charge in [-0.3, -0.25) is 13.8 Å². The monoisotopic (exact) mass is 623 g/mol. The topological polar surface area (TPSA) is 113 Å². The molecule has 4 rings (SSSR count). The van der Waals surface area contributed by atoms with Crippen molar-refractivity contribution in [2.75, 3.05) is 21.4 Å². The van der Waals surface area contributed by atoms with Gasteiger partial charge in [0.15, 0.2) is 0 Å². The van der Waals surface area contributed by atoms with Crippen LogP contribution in [0.1, 0.15) is 15.9 Å². The van der Waals surface area contributed by atoms with Gasteiger partial charge in [-0.15, -0.1) is 0 Å². The zero-order chi connectivity index (χ0) is 30.0. The predicted octanol–water partition coefficient (Wildman–Crippen LogP) is 6.24. The van der Waals surface area contributed by atoms with Crippen LogP contribution in [0.5, 0.6) is 0 Å². The smallest absolute Gasteiger partial charge is 0.322 e. The molecule has 14 heteroatoms. The van der Waals surface area contributed by atoms with Crippen molar-refractivity contribution in [3.8, 4) is 0 Å². The average Bonchev–Trinajstić information content (AvgIpc) is 2.94. The normalized spacial score (nSPS) is 12.0. The number of rotatable bonds is 8. The SMILES string of the molecule is CN(c1ccc(C(=O)Nc2ccc(S(=O)(=O)Nc3ccc(Cl)c(C(F)(F)F)c3)cc2)cc1)S(=O)(=O)c1ccccc1. The Morgan fingerprint density at radius 3 is 1.95 bits per heavy atom. The number of nitrogens with zero attached hydrogens (tertiary/aromatic N) is 1. The molecular weight excluding hydrogens is 603 g/mol. The Bertz CT molecular complexity index is 1780. The number of anilines is 3. The molecule has 0 unspecified atom stereocenters. The summed E-state index contributed by atoms with van der Waals surface area (Å²) < 4.78 is 93.5. The third-order valence-corrected chi connectivity index (χ3v) is 9.37. The highest BCUT2D eigenvalue weighted by Crippen LogP contribution is 2.36. The average molecular weight is 624 g/mol. The van der Waals surface area contributed by atoms with E-state index in [-0.39, 0.29) is 26.7 Å². The molecule has 0 saturated carbocycles. The Hall–Kier alpha value is -4.07. The number of nitrogens with one attached hydrogen (secondary N) is 2. The lowest BCUT2D eigenvalue weighted by Crippen LogP contribution is -2.26. The number of benzene rings is 4. The lowest BCUT2D eigenvalue weighted by Gasteiger charge is -2.19. The molecule has 0 bridgehead atoms. The minimum Gasteiger partial charge on any atom is -0.322 e. The minimum atomic E-state index is -4.77. The van der Waals surface area contributed by atoms with Gasteiger partial charge in [-0.05, 0) is 78.9 Å². The number of carbonyl (C=O) groups is 1. The first-order valence-electron chi connectivity index (χ1n) is 11.6. The van der Waals surface area contributed by atoms with E-state index in [0.29, 0.717) is 11.8 Å². The number of sulfonamides is 2. The fourth-order valence-corrected chi connectivity index (χ4v) is 6.14. The van der Waals surface area contributed by atoms with Gasteiger partial charge < -0.3 is 5.32 Å². The van der Waals surface area contributed by atoms with Crippen molar-refractivity contribution < 1.29 is 34.8 Å². The first-order chi connectivity index (χ1) is 19.2. The second-order valence-corrected chi connectivity index (χ2v) is 12.7. The first-order valence-corrected chi connectivity index (χ1v) is 14.9. The Balaban J connectivity index is 1.43. The van der Waals surface area contributed by atoms with E-state index in [4.69, 9.17) is 11.6 Å². The fourth-order valence-electron chi connectivity index (χ4n) is 3.65. The second-order valence-electron chi connectivity index (χ2n) is 8.61. The van der Waals surface area contributed by atoms with E-state index in [9.17, 15) is 34.8 Å². The van der Waals surface area contributed by atoms with Crippen LogP contribution >= 0.6 is 11.6 Å². The number of carbonyl (C=O) groups excluding carboxylic acids is 1. The van der Waals surface area contributed by atoms with E-state index < -0.39 is 42.7 Å². The lowest BCUT2D eigenvalue weighted by molar-refractivity contribution is -0.137. The van der Waals surface area contributed by atoms with Gasteiger partial charge in [0.1, 0.15) is 0 Å². The molecule has 8 nitrogen and oxygen atoms in total. The van der Waals surface area contributed by atoms with Gasteiger partial charge in [0.2, 0.25) is 0 Å². The van der Waals surface area contributed by atoms with Crippen molar-refractivity contribution in [1.82, 2.24) is 0 Å². The van der Waals surface area contributed by atoms with Gasteiger partial charge in [0, 0.05) is 24.0 Å². The number of alkyl halides is 3. The number of hydrogen-bond donors (Lipinski definition) is 2. The Labute approximate surface area is 239 Å². The Morgan fingerprint density at radius 2 is 1.37 bits per heavy atom. The molecule has 214 valence electrons. The lowest BCUT2D eigenvalue weighted by atomic mass is 10.2. The summed E-state index contributed by atoms with van der Waals surface area (Å²) in [6, 6.07) is 21.3. The van der Waals surface area contributed by atoms with E-state index in [0.717, 1.165) is 16.4 Å². The van der Waals surface area contributed by atoms with Crippen molar-refractivity contribution in [2.24, 2.45) is 0 Å².